The van der Waals surface area contributed by atoms with Crippen LogP contribution in [-0.2, 0) is 4.74 Å². The van der Waals surface area contributed by atoms with E-state index in [1.165, 1.54) is 212 Å². The molecule has 0 rings (SSSR count). The van der Waals surface area contributed by atoms with Crippen molar-refractivity contribution in [3.05, 3.63) is 0 Å². The Morgan fingerprint density at radius 2 is 0.368 bits per heavy atom. The third-order valence-electron chi connectivity index (χ3n) is 8.53. The van der Waals surface area contributed by atoms with Gasteiger partial charge in [0.25, 0.3) is 0 Å². The number of ether oxygens (including phenoxy) is 1. The van der Waals surface area contributed by atoms with Gasteiger partial charge >= 0.3 is 0 Å². The van der Waals surface area contributed by atoms with Crippen molar-refractivity contribution in [1.82, 2.24) is 0 Å². The van der Waals surface area contributed by atoms with E-state index in [0.717, 1.165) is 13.2 Å². The lowest BCUT2D eigenvalue weighted by atomic mass is 10.0. The van der Waals surface area contributed by atoms with Gasteiger partial charge in [0.2, 0.25) is 0 Å². The van der Waals surface area contributed by atoms with Crippen LogP contribution in [0.15, 0.2) is 0 Å². The van der Waals surface area contributed by atoms with Crippen LogP contribution in [0.1, 0.15) is 226 Å². The average Bonchev–Trinajstić information content (AvgIpc) is 2.93. The summed E-state index contributed by atoms with van der Waals surface area (Å²) in [6.45, 7) is 6.60. The lowest BCUT2D eigenvalue weighted by Crippen LogP contribution is -1.97. The fourth-order valence-corrected chi connectivity index (χ4v) is 5.78. The van der Waals surface area contributed by atoms with Gasteiger partial charge in [-0.2, -0.15) is 0 Å². The molecule has 1 nitrogen and oxygen atoms in total. The van der Waals surface area contributed by atoms with Crippen LogP contribution in [0.3, 0.4) is 0 Å². The van der Waals surface area contributed by atoms with Gasteiger partial charge in [-0.1, -0.05) is 213 Å². The summed E-state index contributed by atoms with van der Waals surface area (Å²) in [5.74, 6) is 0. The molecule has 0 saturated heterocycles. The van der Waals surface area contributed by atoms with Crippen molar-refractivity contribution in [2.24, 2.45) is 0 Å². The number of unbranched alkanes of at least 4 members (excludes halogenated alkanes) is 31. The summed E-state index contributed by atoms with van der Waals surface area (Å²) in [7, 11) is 0. The summed E-state index contributed by atoms with van der Waals surface area (Å²) in [4.78, 5) is 0. The van der Waals surface area contributed by atoms with E-state index in [1.54, 1.807) is 0 Å². The first kappa shape index (κ1) is 38.0. The van der Waals surface area contributed by atoms with Crippen LogP contribution in [0.5, 0.6) is 0 Å². The van der Waals surface area contributed by atoms with Gasteiger partial charge < -0.3 is 4.74 Å². The van der Waals surface area contributed by atoms with Crippen molar-refractivity contribution < 1.29 is 4.74 Å². The molecule has 0 bridgehead atoms. The predicted molar refractivity (Wildman–Crippen MR) is 175 cm³/mol. The number of rotatable bonds is 35. The fraction of sp³-hybridized carbons (Fsp3) is 1.00. The molecular formula is C37H76O. The Kier molecular flexibility index (Phi) is 36.9. The van der Waals surface area contributed by atoms with Crippen molar-refractivity contribution in [3.63, 3.8) is 0 Å². The molecule has 1 heteroatoms. The normalized spacial score (nSPS) is 11.5. The standard InChI is InChI=1S/C37H76O/c1-3-5-7-9-11-13-15-16-17-18-19-20-21-22-23-24-25-26-27-29-31-33-35-37-38-36-34-32-30-28-14-12-10-8-6-4-2/h3-37H2,1-2H3. The number of hydrogen-bond donors (Lipinski definition) is 0. The van der Waals surface area contributed by atoms with Gasteiger partial charge in [0.1, 0.15) is 0 Å². The van der Waals surface area contributed by atoms with Crippen molar-refractivity contribution in [3.8, 4) is 0 Å². The van der Waals surface area contributed by atoms with Crippen molar-refractivity contribution in [1.29, 1.82) is 0 Å². The largest absolute Gasteiger partial charge is 0.381 e. The maximum absolute atomic E-state index is 5.85. The quantitative estimate of drug-likeness (QED) is 0.0732. The highest BCUT2D eigenvalue weighted by atomic mass is 16.5. The molecule has 0 radical (unpaired) electrons. The van der Waals surface area contributed by atoms with Crippen molar-refractivity contribution in [2.75, 3.05) is 13.2 Å². The highest BCUT2D eigenvalue weighted by Crippen LogP contribution is 2.16. The minimum atomic E-state index is 0.996. The third kappa shape index (κ3) is 36.0. The molecule has 0 aromatic heterocycles. The molecule has 0 unspecified atom stereocenters. The van der Waals surface area contributed by atoms with Crippen LogP contribution in [0.4, 0.5) is 0 Å². The zero-order valence-corrected chi connectivity index (χ0v) is 27.2. The molecule has 0 amide bonds. The summed E-state index contributed by atoms with van der Waals surface area (Å²) >= 11 is 0. The van der Waals surface area contributed by atoms with E-state index >= 15 is 0 Å². The maximum atomic E-state index is 5.85. The molecule has 0 N–H and O–H groups in total. The Morgan fingerprint density at radius 1 is 0.211 bits per heavy atom. The molecule has 0 aliphatic heterocycles. The Hall–Kier alpha value is -0.0400. The molecule has 0 fully saturated rings. The van der Waals surface area contributed by atoms with E-state index < -0.39 is 0 Å². The highest BCUT2D eigenvalue weighted by Gasteiger charge is 1.97. The molecule has 0 aromatic carbocycles. The Labute approximate surface area is 243 Å². The van der Waals surface area contributed by atoms with Crippen LogP contribution in [0.25, 0.3) is 0 Å². The summed E-state index contributed by atoms with van der Waals surface area (Å²) in [6, 6.07) is 0. The predicted octanol–water partition coefficient (Wildman–Crippen LogP) is 13.9. The summed E-state index contributed by atoms with van der Waals surface area (Å²) in [6.07, 6.45) is 47.6. The molecule has 0 aliphatic carbocycles. The van der Waals surface area contributed by atoms with E-state index in [-0.39, 0.29) is 0 Å². The van der Waals surface area contributed by atoms with E-state index in [1.807, 2.05) is 0 Å². The average molecular weight is 537 g/mol. The minimum Gasteiger partial charge on any atom is -0.381 e. The van der Waals surface area contributed by atoms with Crippen LogP contribution < -0.4 is 0 Å². The summed E-state index contributed by atoms with van der Waals surface area (Å²) in [5.41, 5.74) is 0. The second kappa shape index (κ2) is 37.0. The summed E-state index contributed by atoms with van der Waals surface area (Å²) < 4.78 is 5.85. The van der Waals surface area contributed by atoms with Gasteiger partial charge in [0.05, 0.1) is 0 Å². The van der Waals surface area contributed by atoms with Crippen LogP contribution in [0, 0.1) is 0 Å². The van der Waals surface area contributed by atoms with Crippen molar-refractivity contribution >= 4 is 0 Å². The second-order valence-electron chi connectivity index (χ2n) is 12.6. The third-order valence-corrected chi connectivity index (χ3v) is 8.53. The molecule has 38 heavy (non-hydrogen) atoms. The van der Waals surface area contributed by atoms with Crippen molar-refractivity contribution in [2.45, 2.75) is 226 Å². The van der Waals surface area contributed by atoms with Gasteiger partial charge in [-0.15, -0.1) is 0 Å². The Balaban J connectivity index is 3.01. The fourth-order valence-electron chi connectivity index (χ4n) is 5.78. The highest BCUT2D eigenvalue weighted by molar-refractivity contribution is 4.52. The smallest absolute Gasteiger partial charge is 0.0466 e. The zero-order chi connectivity index (χ0) is 27.5. The van der Waals surface area contributed by atoms with Crippen LogP contribution in [-0.4, -0.2) is 13.2 Å². The monoisotopic (exact) mass is 537 g/mol. The Bertz CT molecular complexity index is 343. The number of hydrogen-bond acceptors (Lipinski definition) is 1. The lowest BCUT2D eigenvalue weighted by molar-refractivity contribution is 0.125. The van der Waals surface area contributed by atoms with E-state index in [4.69, 9.17) is 4.74 Å². The molecule has 230 valence electrons. The molecule has 0 aromatic rings. The maximum Gasteiger partial charge on any atom is 0.0466 e. The first-order valence-corrected chi connectivity index (χ1v) is 18.5. The molecule has 0 spiro atoms. The van der Waals surface area contributed by atoms with E-state index in [2.05, 4.69) is 13.8 Å². The zero-order valence-electron chi connectivity index (χ0n) is 27.2. The molecular weight excluding hydrogens is 460 g/mol. The minimum absolute atomic E-state index is 0.996. The van der Waals surface area contributed by atoms with Gasteiger partial charge in [-0.3, -0.25) is 0 Å². The molecule has 0 saturated carbocycles. The van der Waals surface area contributed by atoms with Crippen LogP contribution >= 0.6 is 0 Å². The topological polar surface area (TPSA) is 9.23 Å². The lowest BCUT2D eigenvalue weighted by Gasteiger charge is -2.05. The Morgan fingerprint density at radius 3 is 0.553 bits per heavy atom. The molecule has 0 atom stereocenters. The summed E-state index contributed by atoms with van der Waals surface area (Å²) in [5, 5.41) is 0. The van der Waals surface area contributed by atoms with Crippen LogP contribution in [0.2, 0.25) is 0 Å². The van der Waals surface area contributed by atoms with E-state index in [0.29, 0.717) is 0 Å². The van der Waals surface area contributed by atoms with E-state index in [9.17, 15) is 0 Å². The first-order valence-electron chi connectivity index (χ1n) is 18.5. The van der Waals surface area contributed by atoms with Gasteiger partial charge in [0, 0.05) is 13.2 Å². The van der Waals surface area contributed by atoms with Gasteiger partial charge in [-0.25, -0.2) is 0 Å². The molecule has 0 aliphatic rings. The first-order chi connectivity index (χ1) is 18.9. The molecule has 0 heterocycles. The second-order valence-corrected chi connectivity index (χ2v) is 12.6. The SMILES string of the molecule is CCCCCCCCCCCCCCCCCCCCCCCCCOCCCCCCCCCCCC. The van der Waals surface area contributed by atoms with Gasteiger partial charge in [0.15, 0.2) is 0 Å². The van der Waals surface area contributed by atoms with Gasteiger partial charge in [-0.05, 0) is 12.8 Å².